The van der Waals surface area contributed by atoms with Gasteiger partial charge in [-0.15, -0.1) is 0 Å². The topological polar surface area (TPSA) is 53.8 Å². The van der Waals surface area contributed by atoms with Crippen molar-refractivity contribution < 1.29 is 5.11 Å². The van der Waals surface area contributed by atoms with Gasteiger partial charge in [0.1, 0.15) is 5.75 Å². The molecular weight excluding hydrogens is 246 g/mol. The second-order valence-corrected chi connectivity index (χ2v) is 5.74. The summed E-state index contributed by atoms with van der Waals surface area (Å²) in [7, 11) is 0. The number of H-pyrrole nitrogens is 1. The van der Waals surface area contributed by atoms with Crippen LogP contribution in [0.1, 0.15) is 26.3 Å². The van der Waals surface area contributed by atoms with Crippen molar-refractivity contribution in [2.24, 2.45) is 0 Å². The maximum atomic E-state index is 9.46. The Hall–Kier alpha value is -1.62. The average molecular weight is 263 g/mol. The van der Waals surface area contributed by atoms with Gasteiger partial charge in [-0.25, -0.2) is 0 Å². The molecule has 1 aromatic carbocycles. The van der Waals surface area contributed by atoms with Crippen LogP contribution in [-0.2, 0) is 5.54 Å². The Morgan fingerprint density at radius 3 is 2.56 bits per heavy atom. The van der Waals surface area contributed by atoms with Gasteiger partial charge in [-0.1, -0.05) is 0 Å². The van der Waals surface area contributed by atoms with Crippen LogP contribution in [0.3, 0.4) is 0 Å². The average Bonchev–Trinajstić information content (AvgIpc) is 2.59. The molecule has 0 fully saturated rings. The number of nitrogens with zero attached hydrogens (tertiary/aromatic N) is 2. The number of nitrogens with one attached hydrogen (secondary N) is 1. The lowest BCUT2D eigenvalue weighted by Crippen LogP contribution is -2.23. The highest BCUT2D eigenvalue weighted by Crippen LogP contribution is 2.28. The molecule has 0 saturated carbocycles. The molecule has 0 radical (unpaired) electrons. The fourth-order valence-corrected chi connectivity index (χ4v) is 2.40. The molecule has 0 atom stereocenters. The van der Waals surface area contributed by atoms with E-state index in [4.69, 9.17) is 12.2 Å². The van der Waals surface area contributed by atoms with Gasteiger partial charge in [0.25, 0.3) is 0 Å². The lowest BCUT2D eigenvalue weighted by atomic mass is 10.0. The third kappa shape index (κ3) is 2.18. The first-order valence-corrected chi connectivity index (χ1v) is 6.19. The quantitative estimate of drug-likeness (QED) is 0.775. The summed E-state index contributed by atoms with van der Waals surface area (Å²) in [4.78, 5) is 0. The van der Waals surface area contributed by atoms with Crippen molar-refractivity contribution in [3.05, 3.63) is 28.5 Å². The highest BCUT2D eigenvalue weighted by atomic mass is 32.1. The third-order valence-corrected chi connectivity index (χ3v) is 3.07. The Morgan fingerprint density at radius 2 is 2.00 bits per heavy atom. The molecule has 4 nitrogen and oxygen atoms in total. The zero-order valence-electron chi connectivity index (χ0n) is 11.0. The van der Waals surface area contributed by atoms with Crippen LogP contribution in [0, 0.1) is 11.7 Å². The Kier molecular flexibility index (Phi) is 3.02. The van der Waals surface area contributed by atoms with E-state index in [1.54, 1.807) is 12.1 Å². The molecule has 0 unspecified atom stereocenters. The third-order valence-electron chi connectivity index (χ3n) is 2.79. The van der Waals surface area contributed by atoms with Crippen LogP contribution in [0.15, 0.2) is 18.2 Å². The van der Waals surface area contributed by atoms with Crippen LogP contribution in [0.2, 0.25) is 0 Å². The van der Waals surface area contributed by atoms with E-state index in [2.05, 4.69) is 31.0 Å². The summed E-state index contributed by atoms with van der Waals surface area (Å²) >= 11 is 5.29. The van der Waals surface area contributed by atoms with Gasteiger partial charge in [0.05, 0.1) is 0 Å². The number of aromatic hydroxyl groups is 1. The van der Waals surface area contributed by atoms with Crippen molar-refractivity contribution in [1.82, 2.24) is 14.8 Å². The largest absolute Gasteiger partial charge is 0.508 e. The maximum absolute atomic E-state index is 9.46. The molecule has 18 heavy (non-hydrogen) atoms. The first-order chi connectivity index (χ1) is 8.30. The maximum Gasteiger partial charge on any atom is 0.195 e. The van der Waals surface area contributed by atoms with Crippen LogP contribution in [0.4, 0.5) is 0 Å². The molecule has 0 spiro atoms. The minimum Gasteiger partial charge on any atom is -0.508 e. The zero-order chi connectivity index (χ0) is 13.5. The van der Waals surface area contributed by atoms with Gasteiger partial charge in [-0.3, -0.25) is 9.67 Å². The minimum atomic E-state index is -0.149. The van der Waals surface area contributed by atoms with E-state index >= 15 is 0 Å². The van der Waals surface area contributed by atoms with Crippen LogP contribution < -0.4 is 0 Å². The molecule has 96 valence electrons. The van der Waals surface area contributed by atoms with Gasteiger partial charge >= 0.3 is 0 Å². The molecular formula is C13H17N3OS. The van der Waals surface area contributed by atoms with Gasteiger partial charge in [0, 0.05) is 11.1 Å². The Morgan fingerprint density at radius 1 is 1.33 bits per heavy atom. The Labute approximate surface area is 111 Å². The lowest BCUT2D eigenvalue weighted by Gasteiger charge is -2.23. The van der Waals surface area contributed by atoms with E-state index in [9.17, 15) is 5.11 Å². The molecule has 0 amide bonds. The van der Waals surface area contributed by atoms with Crippen LogP contribution in [-0.4, -0.2) is 19.9 Å². The van der Waals surface area contributed by atoms with Gasteiger partial charge in [-0.05, 0) is 63.7 Å². The first-order valence-electron chi connectivity index (χ1n) is 5.78. The molecule has 1 aromatic heterocycles. The number of rotatable bonds is 1. The minimum absolute atomic E-state index is 0.149. The van der Waals surface area contributed by atoms with Crippen LogP contribution >= 0.6 is 12.2 Å². The normalized spacial score (nSPS) is 11.8. The van der Waals surface area contributed by atoms with E-state index in [-0.39, 0.29) is 11.3 Å². The number of phenols is 1. The number of phenolic OH excluding ortho intramolecular Hbond substituents is 1. The molecule has 0 saturated heterocycles. The standard InChI is InChI=1S/C13H17N3OS/c1-8-7-9(17)5-6-10(8)11-14-15-12(18)16(11)13(2,3)4/h5-7,17H,1-4H3,(H,15,18). The highest BCUT2D eigenvalue weighted by Gasteiger charge is 2.21. The summed E-state index contributed by atoms with van der Waals surface area (Å²) < 4.78 is 2.59. The molecule has 0 aliphatic carbocycles. The monoisotopic (exact) mass is 263 g/mol. The second-order valence-electron chi connectivity index (χ2n) is 5.36. The smallest absolute Gasteiger partial charge is 0.195 e. The molecule has 2 N–H and O–H groups in total. The van der Waals surface area contributed by atoms with Crippen molar-refractivity contribution in [1.29, 1.82) is 0 Å². The Balaban J connectivity index is 2.69. The number of benzene rings is 1. The van der Waals surface area contributed by atoms with E-state index in [0.717, 1.165) is 17.0 Å². The predicted octanol–water partition coefficient (Wildman–Crippen LogP) is 3.38. The number of aryl methyl sites for hydroxylation is 1. The van der Waals surface area contributed by atoms with Gasteiger partial charge in [-0.2, -0.15) is 5.10 Å². The van der Waals surface area contributed by atoms with Crippen molar-refractivity contribution in [3.8, 4) is 17.1 Å². The van der Waals surface area contributed by atoms with Gasteiger partial charge in [0.15, 0.2) is 10.6 Å². The predicted molar refractivity (Wildman–Crippen MR) is 74.2 cm³/mol. The number of hydrogen-bond donors (Lipinski definition) is 2. The highest BCUT2D eigenvalue weighted by molar-refractivity contribution is 7.71. The van der Waals surface area contributed by atoms with E-state index in [1.165, 1.54) is 0 Å². The number of aromatic nitrogens is 3. The first kappa shape index (κ1) is 12.8. The summed E-state index contributed by atoms with van der Waals surface area (Å²) in [6.07, 6.45) is 0. The molecule has 0 aliphatic heterocycles. The van der Waals surface area contributed by atoms with Gasteiger partial charge < -0.3 is 5.11 Å². The van der Waals surface area contributed by atoms with E-state index in [0.29, 0.717) is 4.77 Å². The summed E-state index contributed by atoms with van der Waals surface area (Å²) in [5, 5.41) is 16.6. The summed E-state index contributed by atoms with van der Waals surface area (Å²) in [5.41, 5.74) is 1.79. The lowest BCUT2D eigenvalue weighted by molar-refractivity contribution is 0.395. The van der Waals surface area contributed by atoms with Gasteiger partial charge in [0.2, 0.25) is 0 Å². The number of aromatic amines is 1. The van der Waals surface area contributed by atoms with Crippen molar-refractivity contribution >= 4 is 12.2 Å². The molecule has 0 aliphatic rings. The van der Waals surface area contributed by atoms with Crippen molar-refractivity contribution in [3.63, 3.8) is 0 Å². The molecule has 0 bridgehead atoms. The van der Waals surface area contributed by atoms with Crippen LogP contribution in [0.5, 0.6) is 5.75 Å². The zero-order valence-corrected chi connectivity index (χ0v) is 11.8. The fraction of sp³-hybridized carbons (Fsp3) is 0.385. The van der Waals surface area contributed by atoms with E-state index < -0.39 is 0 Å². The Bertz CT molecular complexity index is 634. The molecule has 1 heterocycles. The number of hydrogen-bond acceptors (Lipinski definition) is 3. The van der Waals surface area contributed by atoms with Crippen LogP contribution in [0.25, 0.3) is 11.4 Å². The fourth-order valence-electron chi connectivity index (χ4n) is 2.00. The summed E-state index contributed by atoms with van der Waals surface area (Å²) in [6, 6.07) is 5.24. The second kappa shape index (κ2) is 4.24. The molecule has 5 heteroatoms. The molecule has 2 rings (SSSR count). The van der Waals surface area contributed by atoms with E-state index in [1.807, 2.05) is 17.6 Å². The van der Waals surface area contributed by atoms with Crippen molar-refractivity contribution in [2.45, 2.75) is 33.2 Å². The summed E-state index contributed by atoms with van der Waals surface area (Å²) in [5.74, 6) is 1.05. The van der Waals surface area contributed by atoms with Crippen molar-refractivity contribution in [2.75, 3.05) is 0 Å². The molecule has 2 aromatic rings. The summed E-state index contributed by atoms with van der Waals surface area (Å²) in [6.45, 7) is 8.19. The SMILES string of the molecule is Cc1cc(O)ccc1-c1n[nH]c(=S)n1C(C)(C)C.